The number of ether oxygens (including phenoxy) is 3. The molecule has 0 aliphatic carbocycles. The quantitative estimate of drug-likeness (QED) is 0.217. The number of carbonyl (C=O) groups excluding carboxylic acids is 1. The molecule has 10 heteroatoms. The van der Waals surface area contributed by atoms with Gasteiger partial charge in [0.25, 0.3) is 0 Å². The number of alkyl halides is 3. The van der Waals surface area contributed by atoms with Crippen LogP contribution in [0.3, 0.4) is 0 Å². The molecule has 1 fully saturated rings. The van der Waals surface area contributed by atoms with E-state index in [0.29, 0.717) is 56.4 Å². The van der Waals surface area contributed by atoms with E-state index in [1.165, 1.54) is 6.07 Å². The molecule has 2 aromatic carbocycles. The Bertz CT molecular complexity index is 1310. The average molecular weight is 621 g/mol. The summed E-state index contributed by atoms with van der Waals surface area (Å²) >= 11 is 3.45. The fourth-order valence-electron chi connectivity index (χ4n) is 4.54. The van der Waals surface area contributed by atoms with Gasteiger partial charge in [-0.25, -0.2) is 4.98 Å². The summed E-state index contributed by atoms with van der Waals surface area (Å²) in [5.41, 5.74) is 0.595. The third-order valence-electron chi connectivity index (χ3n) is 6.63. The van der Waals surface area contributed by atoms with Crippen molar-refractivity contribution in [1.29, 1.82) is 0 Å². The summed E-state index contributed by atoms with van der Waals surface area (Å²) in [7, 11) is 0. The van der Waals surface area contributed by atoms with Crippen LogP contribution < -0.4 is 14.4 Å². The lowest BCUT2D eigenvalue weighted by Gasteiger charge is -2.32. The Morgan fingerprint density at radius 3 is 2.50 bits per heavy atom. The highest BCUT2D eigenvalue weighted by atomic mass is 79.9. The molecule has 1 aliphatic rings. The molecule has 1 aromatic heterocycles. The molecule has 0 amide bonds. The SMILES string of the molecule is CCCOc1cc(Br)ccc1COc1ccc(C(F)(F)F)cc1-c1cccc(N2CCC(C(=O)OCC)CC2)n1. The lowest BCUT2D eigenvalue weighted by molar-refractivity contribution is -0.148. The summed E-state index contributed by atoms with van der Waals surface area (Å²) in [6, 6.07) is 14.3. The largest absolute Gasteiger partial charge is 0.493 e. The van der Waals surface area contributed by atoms with Crippen LogP contribution >= 0.6 is 15.9 Å². The summed E-state index contributed by atoms with van der Waals surface area (Å²) in [6.07, 6.45) is -2.44. The molecule has 0 unspecified atom stereocenters. The minimum atomic E-state index is -4.52. The Morgan fingerprint density at radius 1 is 1.02 bits per heavy atom. The van der Waals surface area contributed by atoms with Crippen LogP contribution in [0.25, 0.3) is 11.3 Å². The van der Waals surface area contributed by atoms with Crippen LogP contribution in [0.15, 0.2) is 59.1 Å². The zero-order chi connectivity index (χ0) is 28.7. The van der Waals surface area contributed by atoms with Gasteiger partial charge < -0.3 is 19.1 Å². The highest BCUT2D eigenvalue weighted by molar-refractivity contribution is 9.10. The van der Waals surface area contributed by atoms with Crippen molar-refractivity contribution in [1.82, 2.24) is 4.98 Å². The highest BCUT2D eigenvalue weighted by Crippen LogP contribution is 2.38. The van der Waals surface area contributed by atoms with Crippen LogP contribution in [-0.2, 0) is 22.3 Å². The molecule has 2 heterocycles. The first-order chi connectivity index (χ1) is 19.2. The first-order valence-corrected chi connectivity index (χ1v) is 14.1. The second-order valence-electron chi connectivity index (χ2n) is 9.49. The Kier molecular flexibility index (Phi) is 9.95. The molecule has 0 N–H and O–H groups in total. The summed E-state index contributed by atoms with van der Waals surface area (Å²) < 4.78 is 59.0. The van der Waals surface area contributed by atoms with Gasteiger partial charge in [-0.1, -0.05) is 35.0 Å². The number of piperidine rings is 1. The molecule has 4 rings (SSSR count). The highest BCUT2D eigenvalue weighted by Gasteiger charge is 2.32. The molecule has 3 aromatic rings. The van der Waals surface area contributed by atoms with Gasteiger partial charge in [0.05, 0.1) is 30.4 Å². The van der Waals surface area contributed by atoms with E-state index in [2.05, 4.69) is 15.9 Å². The maximum absolute atomic E-state index is 13.7. The summed E-state index contributed by atoms with van der Waals surface area (Å²) in [5.74, 6) is 1.21. The number of hydrogen-bond donors (Lipinski definition) is 0. The van der Waals surface area contributed by atoms with Gasteiger partial charge in [0.15, 0.2) is 0 Å². The molecule has 0 radical (unpaired) electrons. The van der Waals surface area contributed by atoms with E-state index >= 15 is 0 Å². The van der Waals surface area contributed by atoms with Crippen LogP contribution in [0.1, 0.15) is 44.2 Å². The van der Waals surface area contributed by atoms with Crippen molar-refractivity contribution in [3.63, 3.8) is 0 Å². The van der Waals surface area contributed by atoms with Gasteiger partial charge in [-0.2, -0.15) is 13.2 Å². The molecule has 40 heavy (non-hydrogen) atoms. The van der Waals surface area contributed by atoms with Gasteiger partial charge in [-0.15, -0.1) is 0 Å². The van der Waals surface area contributed by atoms with Gasteiger partial charge in [0.1, 0.15) is 23.9 Å². The summed E-state index contributed by atoms with van der Waals surface area (Å²) in [6.45, 7) is 5.96. The number of rotatable bonds is 10. The monoisotopic (exact) mass is 620 g/mol. The van der Waals surface area contributed by atoms with Crippen LogP contribution in [0.2, 0.25) is 0 Å². The first kappa shape index (κ1) is 29.7. The van der Waals surface area contributed by atoms with Crippen molar-refractivity contribution in [3.05, 3.63) is 70.2 Å². The molecule has 1 saturated heterocycles. The van der Waals surface area contributed by atoms with Crippen molar-refractivity contribution in [2.24, 2.45) is 5.92 Å². The van der Waals surface area contributed by atoms with Crippen LogP contribution in [0.5, 0.6) is 11.5 Å². The number of carbonyl (C=O) groups is 1. The molecule has 6 nitrogen and oxygen atoms in total. The number of anilines is 1. The maximum atomic E-state index is 13.7. The lowest BCUT2D eigenvalue weighted by atomic mass is 9.97. The van der Waals surface area contributed by atoms with Crippen LogP contribution in [0.4, 0.5) is 19.0 Å². The first-order valence-electron chi connectivity index (χ1n) is 13.3. The Hall–Kier alpha value is -3.27. The standard InChI is InChI=1S/C30H32BrF3N2O4/c1-3-16-39-27-18-23(31)10-8-21(27)19-40-26-11-9-22(30(32,33)34)17-24(26)25-6-5-7-28(35-25)36-14-12-20(13-15-36)29(37)38-4-2/h5-11,17-18,20H,3-4,12-16,19H2,1-2H3. The van der Waals surface area contributed by atoms with E-state index in [9.17, 15) is 18.0 Å². The van der Waals surface area contributed by atoms with E-state index in [0.717, 1.165) is 28.6 Å². The second kappa shape index (κ2) is 13.4. The minimum absolute atomic E-state index is 0.103. The van der Waals surface area contributed by atoms with Crippen molar-refractivity contribution >= 4 is 27.7 Å². The van der Waals surface area contributed by atoms with Gasteiger partial charge in [-0.05, 0) is 68.7 Å². The van der Waals surface area contributed by atoms with Gasteiger partial charge >= 0.3 is 12.1 Å². The topological polar surface area (TPSA) is 60.9 Å². The number of esters is 1. The number of hydrogen-bond acceptors (Lipinski definition) is 6. The minimum Gasteiger partial charge on any atom is -0.493 e. The third kappa shape index (κ3) is 7.47. The Morgan fingerprint density at radius 2 is 1.80 bits per heavy atom. The van der Waals surface area contributed by atoms with E-state index < -0.39 is 11.7 Å². The van der Waals surface area contributed by atoms with Gasteiger partial charge in [-0.3, -0.25) is 4.79 Å². The zero-order valence-corrected chi connectivity index (χ0v) is 24.1. The molecular formula is C30H32BrF3N2O4. The predicted octanol–water partition coefficient (Wildman–Crippen LogP) is 7.68. The second-order valence-corrected chi connectivity index (χ2v) is 10.4. The van der Waals surface area contributed by atoms with Crippen molar-refractivity contribution in [2.45, 2.75) is 45.9 Å². The smallest absolute Gasteiger partial charge is 0.416 e. The maximum Gasteiger partial charge on any atom is 0.416 e. The van der Waals surface area contributed by atoms with E-state index in [1.54, 1.807) is 19.1 Å². The van der Waals surface area contributed by atoms with E-state index in [-0.39, 0.29) is 29.8 Å². The fraction of sp³-hybridized carbons (Fsp3) is 0.400. The summed E-state index contributed by atoms with van der Waals surface area (Å²) in [5, 5.41) is 0. The van der Waals surface area contributed by atoms with E-state index in [1.807, 2.05) is 36.1 Å². The third-order valence-corrected chi connectivity index (χ3v) is 7.12. The van der Waals surface area contributed by atoms with Crippen LogP contribution in [0, 0.1) is 5.92 Å². The fourth-order valence-corrected chi connectivity index (χ4v) is 4.88. The number of pyridine rings is 1. The molecule has 0 spiro atoms. The Labute approximate surface area is 240 Å². The van der Waals surface area contributed by atoms with Crippen molar-refractivity contribution in [3.8, 4) is 22.8 Å². The molecule has 0 bridgehead atoms. The molecule has 0 atom stereocenters. The summed E-state index contributed by atoms with van der Waals surface area (Å²) in [4.78, 5) is 18.9. The van der Waals surface area contributed by atoms with Gasteiger partial charge in [0.2, 0.25) is 0 Å². The molecule has 1 aliphatic heterocycles. The normalized spacial score (nSPS) is 14.2. The lowest BCUT2D eigenvalue weighted by Crippen LogP contribution is -2.37. The number of nitrogens with zero attached hydrogens (tertiary/aromatic N) is 2. The van der Waals surface area contributed by atoms with E-state index in [4.69, 9.17) is 19.2 Å². The van der Waals surface area contributed by atoms with Crippen LogP contribution in [-0.4, -0.2) is 37.3 Å². The van der Waals surface area contributed by atoms with Crippen molar-refractivity contribution in [2.75, 3.05) is 31.2 Å². The predicted molar refractivity (Wildman–Crippen MR) is 151 cm³/mol. The molecular weight excluding hydrogens is 589 g/mol. The average Bonchev–Trinajstić information content (AvgIpc) is 2.95. The van der Waals surface area contributed by atoms with Crippen molar-refractivity contribution < 1.29 is 32.2 Å². The molecule has 214 valence electrons. The zero-order valence-electron chi connectivity index (χ0n) is 22.5. The molecule has 0 saturated carbocycles. The Balaban J connectivity index is 1.60. The number of aromatic nitrogens is 1. The number of halogens is 4. The number of benzene rings is 2. The van der Waals surface area contributed by atoms with Gasteiger partial charge in [0, 0.05) is 28.7 Å².